The molecule has 5 rings (SSSR count). The van der Waals surface area contributed by atoms with Crippen LogP contribution < -0.4 is 21.3 Å². The second kappa shape index (κ2) is 12.1. The van der Waals surface area contributed by atoms with Gasteiger partial charge in [0, 0.05) is 36.3 Å². The van der Waals surface area contributed by atoms with Gasteiger partial charge in [-0.05, 0) is 49.4 Å². The standard InChI is InChI=1S/C32H45N7O6/c1-7-32-11-10-17-15-39(22(20(17)32)28(43)37-24(32)23(40)29(44)35-18-8-9-18)30(45)25(31(4,5)6)38-27(42)21(16(2)3)36-26(41)19-14-33-12-13-34-19/h12-14,16-18,20-22,24-25H,7-11,15H2,1-6H3,(H,35,44)(H,36,41)(H,37,43)(H,38,42)/t17?,20-,21-,22-,24+,25+,32?/m0/s1. The molecule has 2 saturated heterocycles. The van der Waals surface area contributed by atoms with Crippen molar-refractivity contribution in [3.63, 3.8) is 0 Å². The molecule has 2 aliphatic heterocycles. The number of amides is 5. The lowest BCUT2D eigenvalue weighted by atomic mass is 9.63. The van der Waals surface area contributed by atoms with E-state index in [4.69, 9.17) is 0 Å². The van der Waals surface area contributed by atoms with Crippen LogP contribution in [0.3, 0.4) is 0 Å². The molecule has 2 saturated carbocycles. The van der Waals surface area contributed by atoms with Crippen LogP contribution in [-0.2, 0) is 24.0 Å². The fourth-order valence-corrected chi connectivity index (χ4v) is 7.62. The van der Waals surface area contributed by atoms with Gasteiger partial charge in [0.15, 0.2) is 0 Å². The number of hydrogen-bond donors (Lipinski definition) is 4. The molecule has 5 amide bonds. The summed E-state index contributed by atoms with van der Waals surface area (Å²) in [5.41, 5.74) is -1.33. The van der Waals surface area contributed by atoms with Gasteiger partial charge in [0.25, 0.3) is 11.8 Å². The van der Waals surface area contributed by atoms with Gasteiger partial charge in [-0.1, -0.05) is 41.5 Å². The third kappa shape index (κ3) is 6.05. The maximum atomic E-state index is 14.4. The van der Waals surface area contributed by atoms with Crippen molar-refractivity contribution in [2.75, 3.05) is 6.54 Å². The van der Waals surface area contributed by atoms with Crippen molar-refractivity contribution < 1.29 is 28.8 Å². The summed E-state index contributed by atoms with van der Waals surface area (Å²) in [6, 6.07) is -3.72. The maximum absolute atomic E-state index is 14.4. The largest absolute Gasteiger partial charge is 0.347 e. The minimum absolute atomic E-state index is 0.0159. The summed E-state index contributed by atoms with van der Waals surface area (Å²) < 4.78 is 0. The first kappa shape index (κ1) is 32.5. The van der Waals surface area contributed by atoms with Crippen molar-refractivity contribution in [2.45, 2.75) is 104 Å². The van der Waals surface area contributed by atoms with Gasteiger partial charge < -0.3 is 26.2 Å². The van der Waals surface area contributed by atoms with Crippen LogP contribution in [0.4, 0.5) is 0 Å². The minimum Gasteiger partial charge on any atom is -0.347 e. The topological polar surface area (TPSA) is 180 Å². The summed E-state index contributed by atoms with van der Waals surface area (Å²) in [6.45, 7) is 11.4. The van der Waals surface area contributed by atoms with Crippen molar-refractivity contribution in [1.82, 2.24) is 36.1 Å². The Morgan fingerprint density at radius 2 is 1.80 bits per heavy atom. The quantitative estimate of drug-likeness (QED) is 0.276. The highest BCUT2D eigenvalue weighted by atomic mass is 16.2. The van der Waals surface area contributed by atoms with Gasteiger partial charge in [0.2, 0.25) is 23.5 Å². The molecular formula is C32H45N7O6. The summed E-state index contributed by atoms with van der Waals surface area (Å²) in [5, 5.41) is 11.2. The van der Waals surface area contributed by atoms with Gasteiger partial charge in [-0.15, -0.1) is 0 Å². The number of nitrogens with zero attached hydrogens (tertiary/aromatic N) is 3. The van der Waals surface area contributed by atoms with Crippen molar-refractivity contribution in [3.8, 4) is 0 Å². The molecule has 0 spiro atoms. The van der Waals surface area contributed by atoms with Gasteiger partial charge in [0.1, 0.15) is 29.9 Å². The summed E-state index contributed by atoms with van der Waals surface area (Å²) in [4.78, 5) is 90.3. The average molecular weight is 624 g/mol. The highest BCUT2D eigenvalue weighted by Crippen LogP contribution is 2.59. The van der Waals surface area contributed by atoms with Crippen molar-refractivity contribution in [3.05, 3.63) is 24.3 Å². The van der Waals surface area contributed by atoms with Gasteiger partial charge in [-0.25, -0.2) is 4.98 Å². The summed E-state index contributed by atoms with van der Waals surface area (Å²) in [7, 11) is 0. The monoisotopic (exact) mass is 623 g/mol. The predicted octanol–water partition coefficient (Wildman–Crippen LogP) is 0.741. The van der Waals surface area contributed by atoms with Crippen LogP contribution >= 0.6 is 0 Å². The SMILES string of the molecule is CCC12CCC3CN(C(=O)[C@@H](NC(=O)[C@@H](NC(=O)c4cnccn4)C(C)C)C(C)(C)C)[C@H](C(=O)N[C@@H]1C(=O)C(=O)NC1CC1)[C@H]32. The first-order valence-electron chi connectivity index (χ1n) is 16.0. The van der Waals surface area contributed by atoms with Gasteiger partial charge in [0.05, 0.1) is 6.20 Å². The zero-order valence-corrected chi connectivity index (χ0v) is 26.9. The van der Waals surface area contributed by atoms with Gasteiger partial charge >= 0.3 is 0 Å². The van der Waals surface area contributed by atoms with Crippen LogP contribution in [0.15, 0.2) is 18.6 Å². The van der Waals surface area contributed by atoms with Crippen molar-refractivity contribution >= 4 is 35.3 Å². The fourth-order valence-electron chi connectivity index (χ4n) is 7.62. The maximum Gasteiger partial charge on any atom is 0.289 e. The number of aromatic nitrogens is 2. The van der Waals surface area contributed by atoms with E-state index in [0.717, 1.165) is 19.3 Å². The highest BCUT2D eigenvalue weighted by Gasteiger charge is 2.67. The van der Waals surface area contributed by atoms with Gasteiger partial charge in [-0.2, -0.15) is 0 Å². The van der Waals surface area contributed by atoms with Crippen molar-refractivity contribution in [1.29, 1.82) is 0 Å². The Balaban J connectivity index is 1.37. The van der Waals surface area contributed by atoms with E-state index in [-0.39, 0.29) is 29.5 Å². The molecule has 7 atom stereocenters. The Kier molecular flexibility index (Phi) is 8.76. The summed E-state index contributed by atoms with van der Waals surface area (Å²) in [6.07, 6.45) is 7.78. The van der Waals surface area contributed by atoms with E-state index in [1.54, 1.807) is 18.7 Å². The number of Topliss-reactive ketones (excluding diaryl/α,β-unsaturated/α-hetero) is 1. The molecular weight excluding hydrogens is 578 g/mol. The molecule has 45 heavy (non-hydrogen) atoms. The molecule has 13 heteroatoms. The molecule has 0 bridgehead atoms. The molecule has 4 fully saturated rings. The molecule has 1 aromatic rings. The molecule has 0 radical (unpaired) electrons. The normalized spacial score (nSPS) is 28.5. The van der Waals surface area contributed by atoms with Crippen LogP contribution in [0.25, 0.3) is 0 Å². The van der Waals surface area contributed by atoms with Crippen LogP contribution in [0.5, 0.6) is 0 Å². The van der Waals surface area contributed by atoms with Crippen LogP contribution in [0, 0.1) is 28.6 Å². The summed E-state index contributed by atoms with van der Waals surface area (Å²) in [5.74, 6) is -3.83. The number of piperidine rings is 1. The third-order valence-corrected chi connectivity index (χ3v) is 10.2. The molecule has 4 aliphatic rings. The van der Waals surface area contributed by atoms with Crippen LogP contribution in [-0.4, -0.2) is 86.9 Å². The fraction of sp³-hybridized carbons (Fsp3) is 0.688. The number of likely N-dealkylation sites (tertiary alicyclic amines) is 1. The molecule has 244 valence electrons. The first-order valence-corrected chi connectivity index (χ1v) is 16.0. The smallest absolute Gasteiger partial charge is 0.289 e. The zero-order chi connectivity index (χ0) is 32.8. The molecule has 1 aromatic heterocycles. The average Bonchev–Trinajstić information content (AvgIpc) is 3.60. The predicted molar refractivity (Wildman–Crippen MR) is 162 cm³/mol. The second-order valence-electron chi connectivity index (χ2n) is 14.5. The lowest BCUT2D eigenvalue weighted by Gasteiger charge is -2.48. The number of rotatable bonds is 10. The van der Waals surface area contributed by atoms with Crippen molar-refractivity contribution in [2.24, 2.45) is 28.6 Å². The molecule has 13 nitrogen and oxygen atoms in total. The van der Waals surface area contributed by atoms with E-state index in [2.05, 4.69) is 31.2 Å². The minimum atomic E-state index is -1.01. The third-order valence-electron chi connectivity index (χ3n) is 10.2. The lowest BCUT2D eigenvalue weighted by molar-refractivity contribution is -0.153. The van der Waals surface area contributed by atoms with Gasteiger partial charge in [-0.3, -0.25) is 33.8 Å². The van der Waals surface area contributed by atoms with E-state index in [1.807, 2.05) is 27.7 Å². The molecule has 4 N–H and O–H groups in total. The number of carbonyl (C=O) groups is 6. The number of ketones is 1. The van der Waals surface area contributed by atoms with E-state index in [0.29, 0.717) is 19.4 Å². The molecule has 0 aromatic carbocycles. The first-order chi connectivity index (χ1) is 21.2. The lowest BCUT2D eigenvalue weighted by Crippen LogP contribution is -2.69. The van der Waals surface area contributed by atoms with Crippen LogP contribution in [0.1, 0.15) is 84.1 Å². The van der Waals surface area contributed by atoms with E-state index >= 15 is 0 Å². The highest BCUT2D eigenvalue weighted by molar-refractivity contribution is 6.39. The van der Waals surface area contributed by atoms with E-state index in [9.17, 15) is 28.8 Å². The Bertz CT molecular complexity index is 1370. The number of carbonyl (C=O) groups excluding carboxylic acids is 6. The van der Waals surface area contributed by atoms with E-state index < -0.39 is 70.3 Å². The van der Waals surface area contributed by atoms with E-state index in [1.165, 1.54) is 18.6 Å². The zero-order valence-electron chi connectivity index (χ0n) is 26.9. The number of hydrogen-bond acceptors (Lipinski definition) is 8. The Labute approximate surface area is 263 Å². The summed E-state index contributed by atoms with van der Waals surface area (Å²) >= 11 is 0. The molecule has 3 heterocycles. The molecule has 2 unspecified atom stereocenters. The van der Waals surface area contributed by atoms with Crippen LogP contribution in [0.2, 0.25) is 0 Å². The Hall–Kier alpha value is -3.90. The Morgan fingerprint density at radius 1 is 1.09 bits per heavy atom. The number of nitrogens with one attached hydrogen (secondary N) is 4. The second-order valence-corrected chi connectivity index (χ2v) is 14.5. The molecule has 2 aliphatic carbocycles. The Morgan fingerprint density at radius 3 is 2.38 bits per heavy atom.